The van der Waals surface area contributed by atoms with Crippen molar-refractivity contribution in [2.45, 2.75) is 26.2 Å². The maximum Gasteiger partial charge on any atom is 0.257 e. The van der Waals surface area contributed by atoms with Crippen molar-refractivity contribution in [1.29, 1.82) is 0 Å². The minimum absolute atomic E-state index is 0.224. The van der Waals surface area contributed by atoms with Gasteiger partial charge < -0.3 is 14.8 Å². The van der Waals surface area contributed by atoms with Gasteiger partial charge in [-0.2, -0.15) is 0 Å². The van der Waals surface area contributed by atoms with Gasteiger partial charge in [-0.15, -0.1) is 0 Å². The molecule has 31 heavy (non-hydrogen) atoms. The average Bonchev–Trinajstić information content (AvgIpc) is 2.79. The molecule has 3 rings (SSSR count). The molecule has 0 saturated heterocycles. The van der Waals surface area contributed by atoms with Gasteiger partial charge in [-0.3, -0.25) is 10.1 Å². The number of carbonyl (C=O) groups is 1. The van der Waals surface area contributed by atoms with Crippen LogP contribution in [0.5, 0.6) is 17.2 Å². The molecule has 0 spiro atoms. The molecule has 0 saturated carbocycles. The number of unbranched alkanes of at least 4 members (excludes halogenated alkanes) is 2. The second-order valence-corrected chi connectivity index (χ2v) is 7.34. The zero-order chi connectivity index (χ0) is 21.9. The fourth-order valence-electron chi connectivity index (χ4n) is 2.81. The molecule has 160 valence electrons. The Hall–Kier alpha value is -3.38. The Morgan fingerprint density at radius 1 is 0.839 bits per heavy atom. The molecule has 3 aromatic rings. The van der Waals surface area contributed by atoms with Crippen LogP contribution in [-0.2, 0) is 0 Å². The first-order valence-corrected chi connectivity index (χ1v) is 10.7. The monoisotopic (exact) mass is 434 g/mol. The molecule has 0 unspecified atom stereocenters. The molecule has 5 nitrogen and oxygen atoms in total. The van der Waals surface area contributed by atoms with Crippen LogP contribution >= 0.6 is 12.2 Å². The highest BCUT2D eigenvalue weighted by atomic mass is 32.1. The van der Waals surface area contributed by atoms with Crippen molar-refractivity contribution in [2.24, 2.45) is 0 Å². The van der Waals surface area contributed by atoms with Crippen molar-refractivity contribution >= 4 is 28.9 Å². The van der Waals surface area contributed by atoms with Gasteiger partial charge in [-0.1, -0.05) is 38.0 Å². The Morgan fingerprint density at radius 2 is 1.48 bits per heavy atom. The maximum absolute atomic E-state index is 12.4. The number of hydrogen-bond donors (Lipinski definition) is 2. The summed E-state index contributed by atoms with van der Waals surface area (Å²) in [5.41, 5.74) is 1.26. The van der Waals surface area contributed by atoms with Crippen molar-refractivity contribution in [3.8, 4) is 17.2 Å². The van der Waals surface area contributed by atoms with E-state index >= 15 is 0 Å². The molecule has 0 heterocycles. The molecular weight excluding hydrogens is 408 g/mol. The predicted octanol–water partition coefficient (Wildman–Crippen LogP) is 6.17. The summed E-state index contributed by atoms with van der Waals surface area (Å²) in [6, 6.07) is 23.9. The van der Waals surface area contributed by atoms with E-state index in [2.05, 4.69) is 17.6 Å². The summed E-state index contributed by atoms with van der Waals surface area (Å²) in [5.74, 6) is 1.96. The molecule has 0 aliphatic carbocycles. The summed E-state index contributed by atoms with van der Waals surface area (Å²) in [6.45, 7) is 2.84. The predicted molar refractivity (Wildman–Crippen MR) is 128 cm³/mol. The third-order valence-electron chi connectivity index (χ3n) is 4.45. The lowest BCUT2D eigenvalue weighted by Gasteiger charge is -2.11. The Kier molecular flexibility index (Phi) is 8.43. The Morgan fingerprint density at radius 3 is 2.16 bits per heavy atom. The number of amides is 1. The van der Waals surface area contributed by atoms with E-state index in [1.807, 2.05) is 54.6 Å². The van der Waals surface area contributed by atoms with E-state index in [0.29, 0.717) is 17.9 Å². The number of carbonyl (C=O) groups excluding carboxylic acids is 1. The molecule has 0 aliphatic rings. The van der Waals surface area contributed by atoms with Gasteiger partial charge in [0, 0.05) is 11.3 Å². The molecule has 0 fully saturated rings. The van der Waals surface area contributed by atoms with Gasteiger partial charge in [0.05, 0.1) is 6.61 Å². The maximum atomic E-state index is 12.4. The lowest BCUT2D eigenvalue weighted by molar-refractivity contribution is 0.0977. The van der Waals surface area contributed by atoms with Crippen LogP contribution in [0.15, 0.2) is 78.9 Å². The van der Waals surface area contributed by atoms with E-state index in [0.717, 1.165) is 36.4 Å². The Balaban J connectivity index is 1.47. The smallest absolute Gasteiger partial charge is 0.257 e. The Labute approximate surface area is 188 Å². The second kappa shape index (κ2) is 11.7. The summed E-state index contributed by atoms with van der Waals surface area (Å²) in [4.78, 5) is 12.4. The van der Waals surface area contributed by atoms with Crippen LogP contribution in [0.3, 0.4) is 0 Å². The number of hydrogen-bond acceptors (Lipinski definition) is 4. The molecule has 6 heteroatoms. The molecule has 3 aromatic carbocycles. The fourth-order valence-corrected chi connectivity index (χ4v) is 3.02. The molecule has 0 bridgehead atoms. The third-order valence-corrected chi connectivity index (χ3v) is 4.66. The molecule has 1 amide bonds. The van der Waals surface area contributed by atoms with Gasteiger partial charge in [-0.25, -0.2) is 0 Å². The van der Waals surface area contributed by atoms with Gasteiger partial charge in [-0.05, 0) is 79.3 Å². The number of para-hydroxylation sites is 1. The highest BCUT2D eigenvalue weighted by Gasteiger charge is 2.08. The summed E-state index contributed by atoms with van der Waals surface area (Å²) in [6.07, 6.45) is 3.33. The molecule has 0 radical (unpaired) electrons. The lowest BCUT2D eigenvalue weighted by atomic mass is 10.2. The van der Waals surface area contributed by atoms with Gasteiger partial charge in [0.25, 0.3) is 5.91 Å². The van der Waals surface area contributed by atoms with Crippen LogP contribution in [0.1, 0.15) is 36.5 Å². The van der Waals surface area contributed by atoms with E-state index in [1.165, 1.54) is 0 Å². The fraction of sp³-hybridized carbons (Fsp3) is 0.200. The third kappa shape index (κ3) is 7.42. The largest absolute Gasteiger partial charge is 0.494 e. The Bertz CT molecular complexity index is 974. The minimum atomic E-state index is -0.279. The van der Waals surface area contributed by atoms with Crippen molar-refractivity contribution in [1.82, 2.24) is 5.32 Å². The van der Waals surface area contributed by atoms with E-state index in [4.69, 9.17) is 21.7 Å². The second-order valence-electron chi connectivity index (χ2n) is 6.93. The molecule has 0 aromatic heterocycles. The van der Waals surface area contributed by atoms with E-state index in [1.54, 1.807) is 24.3 Å². The van der Waals surface area contributed by atoms with Crippen molar-refractivity contribution < 1.29 is 14.3 Å². The zero-order valence-electron chi connectivity index (χ0n) is 17.5. The standard InChI is InChI=1S/C25H26N2O3S/c1-2-3-7-18-29-21-14-10-19(11-15-21)24(28)27-25(31)26-20-12-16-23(17-13-20)30-22-8-5-4-6-9-22/h4-6,8-17H,2-3,7,18H2,1H3,(H2,26,27,28,31). The average molecular weight is 435 g/mol. The van der Waals surface area contributed by atoms with Gasteiger partial charge in [0.2, 0.25) is 0 Å². The first-order chi connectivity index (χ1) is 15.1. The summed E-state index contributed by atoms with van der Waals surface area (Å²) in [7, 11) is 0. The molecular formula is C25H26N2O3S. The highest BCUT2D eigenvalue weighted by molar-refractivity contribution is 7.80. The normalized spacial score (nSPS) is 10.2. The van der Waals surface area contributed by atoms with Crippen LogP contribution < -0.4 is 20.1 Å². The number of ether oxygens (including phenoxy) is 2. The topological polar surface area (TPSA) is 59.6 Å². The number of nitrogens with one attached hydrogen (secondary N) is 2. The first-order valence-electron chi connectivity index (χ1n) is 10.3. The van der Waals surface area contributed by atoms with Crippen LogP contribution in [-0.4, -0.2) is 17.6 Å². The minimum Gasteiger partial charge on any atom is -0.494 e. The summed E-state index contributed by atoms with van der Waals surface area (Å²) in [5, 5.41) is 5.92. The van der Waals surface area contributed by atoms with Crippen LogP contribution in [0.4, 0.5) is 5.69 Å². The number of rotatable bonds is 9. The SMILES string of the molecule is CCCCCOc1ccc(C(=O)NC(=S)Nc2ccc(Oc3ccccc3)cc2)cc1. The van der Waals surface area contributed by atoms with Crippen molar-refractivity contribution in [3.05, 3.63) is 84.4 Å². The lowest BCUT2D eigenvalue weighted by Crippen LogP contribution is -2.34. The first kappa shape index (κ1) is 22.3. The molecule has 0 atom stereocenters. The van der Waals surface area contributed by atoms with Crippen LogP contribution in [0.2, 0.25) is 0 Å². The number of anilines is 1. The highest BCUT2D eigenvalue weighted by Crippen LogP contribution is 2.22. The quantitative estimate of drug-likeness (QED) is 0.311. The van der Waals surface area contributed by atoms with E-state index < -0.39 is 0 Å². The number of benzene rings is 3. The van der Waals surface area contributed by atoms with Crippen LogP contribution in [0, 0.1) is 0 Å². The summed E-state index contributed by atoms with van der Waals surface area (Å²) >= 11 is 5.26. The van der Waals surface area contributed by atoms with Crippen molar-refractivity contribution in [2.75, 3.05) is 11.9 Å². The van der Waals surface area contributed by atoms with Gasteiger partial charge >= 0.3 is 0 Å². The zero-order valence-corrected chi connectivity index (χ0v) is 18.3. The van der Waals surface area contributed by atoms with E-state index in [-0.39, 0.29) is 11.0 Å². The van der Waals surface area contributed by atoms with Gasteiger partial charge in [0.15, 0.2) is 5.11 Å². The summed E-state index contributed by atoms with van der Waals surface area (Å²) < 4.78 is 11.4. The number of thiocarbonyl (C=S) groups is 1. The molecule has 0 aliphatic heterocycles. The van der Waals surface area contributed by atoms with Crippen LogP contribution in [0.25, 0.3) is 0 Å². The van der Waals surface area contributed by atoms with E-state index in [9.17, 15) is 4.79 Å². The molecule has 2 N–H and O–H groups in total. The van der Waals surface area contributed by atoms with Gasteiger partial charge in [0.1, 0.15) is 17.2 Å². The van der Waals surface area contributed by atoms with Crippen molar-refractivity contribution in [3.63, 3.8) is 0 Å².